The number of imidazole rings is 1. The molecule has 4 aromatic heterocycles. The minimum absolute atomic E-state index is 0.415. The predicted octanol–water partition coefficient (Wildman–Crippen LogP) is 13.1. The number of aromatic nitrogens is 5. The van der Waals surface area contributed by atoms with E-state index in [2.05, 4.69) is 201 Å². The highest BCUT2D eigenvalue weighted by Gasteiger charge is 2.24. The zero-order valence-electron chi connectivity index (χ0n) is 32.5. The third kappa shape index (κ3) is 4.88. The summed E-state index contributed by atoms with van der Waals surface area (Å²) in [6.07, 6.45) is 19.3. The summed E-state index contributed by atoms with van der Waals surface area (Å²) in [4.78, 5) is 10.5. The zero-order valence-corrected chi connectivity index (χ0v) is 32.5. The first-order valence-electron chi connectivity index (χ1n) is 20.7. The van der Waals surface area contributed by atoms with Gasteiger partial charge in [0.15, 0.2) is 5.65 Å². The lowest BCUT2D eigenvalue weighted by Crippen LogP contribution is -2.10. The van der Waals surface area contributed by atoms with Crippen molar-refractivity contribution >= 4 is 71.9 Å². The van der Waals surface area contributed by atoms with Gasteiger partial charge in [0.25, 0.3) is 0 Å². The second kappa shape index (κ2) is 12.8. The molecule has 1 atom stereocenters. The van der Waals surface area contributed by atoms with Crippen LogP contribution in [-0.4, -0.2) is 23.5 Å². The van der Waals surface area contributed by atoms with Crippen LogP contribution in [0, 0.1) is 17.8 Å². The Balaban J connectivity index is 0.933. The number of fused-ring (bicyclic) bond motifs is 12. The minimum Gasteiger partial charge on any atom is -0.313 e. The van der Waals surface area contributed by atoms with Crippen molar-refractivity contribution in [2.75, 3.05) is 0 Å². The third-order valence-corrected chi connectivity index (χ3v) is 12.6. The van der Waals surface area contributed by atoms with Crippen LogP contribution in [0.2, 0.25) is 0 Å². The number of hydrogen-bond donors (Lipinski definition) is 0. The van der Waals surface area contributed by atoms with Crippen LogP contribution in [0.25, 0.3) is 100 Å². The summed E-state index contributed by atoms with van der Waals surface area (Å²) in [7, 11) is 0. The largest absolute Gasteiger partial charge is 0.313 e. The summed E-state index contributed by atoms with van der Waals surface area (Å²) in [5.41, 5.74) is 15.6. The van der Waals surface area contributed by atoms with Crippen LogP contribution < -0.4 is 0 Å². The molecule has 0 bridgehead atoms. The Hall–Kier alpha value is -7.94. The molecule has 0 aliphatic heterocycles. The molecule has 13 rings (SSSR count). The summed E-state index contributed by atoms with van der Waals surface area (Å²) in [5.74, 6) is 7.95. The van der Waals surface area contributed by atoms with Gasteiger partial charge in [-0.15, -0.1) is 0 Å². The smallest absolute Gasteiger partial charge is 0.222 e. The molecule has 1 unspecified atom stereocenters. The van der Waals surface area contributed by atoms with Crippen molar-refractivity contribution in [3.8, 4) is 40.0 Å². The fourth-order valence-corrected chi connectivity index (χ4v) is 9.78. The molecule has 5 heteroatoms. The summed E-state index contributed by atoms with van der Waals surface area (Å²) in [5, 5.41) is 5.90. The maximum absolute atomic E-state index is 5.37. The summed E-state index contributed by atoms with van der Waals surface area (Å²) in [6, 6.07) is 48.5. The molecule has 4 heterocycles. The first kappa shape index (κ1) is 33.1. The van der Waals surface area contributed by atoms with Gasteiger partial charge < -0.3 is 4.57 Å². The van der Waals surface area contributed by atoms with E-state index in [1.54, 1.807) is 0 Å². The highest BCUT2D eigenvalue weighted by molar-refractivity contribution is 6.12. The topological polar surface area (TPSA) is 40.0 Å². The Bertz CT molecular complexity index is 3710. The summed E-state index contributed by atoms with van der Waals surface area (Å²) >= 11 is 0. The molecule has 0 amide bonds. The molecule has 5 nitrogen and oxygen atoms in total. The summed E-state index contributed by atoms with van der Waals surface area (Å²) < 4.78 is 6.93. The molecule has 0 spiro atoms. The number of allylic oxidation sites excluding steroid dienone is 9. The van der Waals surface area contributed by atoms with E-state index in [1.807, 2.05) is 6.07 Å². The van der Waals surface area contributed by atoms with E-state index in [4.69, 9.17) is 9.97 Å². The fourth-order valence-electron chi connectivity index (χ4n) is 9.78. The lowest BCUT2D eigenvalue weighted by Gasteiger charge is -2.24. The number of hydrogen-bond acceptors (Lipinski definition) is 2. The van der Waals surface area contributed by atoms with Gasteiger partial charge in [0.05, 0.1) is 33.3 Å². The van der Waals surface area contributed by atoms with E-state index < -0.39 is 0 Å². The van der Waals surface area contributed by atoms with Crippen molar-refractivity contribution in [2.45, 2.75) is 12.8 Å². The van der Waals surface area contributed by atoms with Gasteiger partial charge >= 0.3 is 0 Å². The highest BCUT2D eigenvalue weighted by atomic mass is 15.2. The second-order valence-electron chi connectivity index (χ2n) is 16.0. The molecule has 0 fully saturated rings. The monoisotopic (exact) mass is 765 g/mol. The molecule has 0 saturated carbocycles. The molecule has 60 heavy (non-hydrogen) atoms. The van der Waals surface area contributed by atoms with Crippen LogP contribution in [-0.2, 0) is 0 Å². The Labute approximate surface area is 345 Å². The molecule has 0 radical (unpaired) electrons. The molecule has 10 aromatic rings. The van der Waals surface area contributed by atoms with Gasteiger partial charge in [-0.1, -0.05) is 133 Å². The molecule has 0 N–H and O–H groups in total. The van der Waals surface area contributed by atoms with Crippen molar-refractivity contribution in [1.82, 2.24) is 23.5 Å². The van der Waals surface area contributed by atoms with Gasteiger partial charge in [-0.05, 0) is 94.8 Å². The first-order chi connectivity index (χ1) is 29.7. The van der Waals surface area contributed by atoms with E-state index in [9.17, 15) is 0 Å². The number of rotatable bonds is 4. The predicted molar refractivity (Wildman–Crippen MR) is 248 cm³/mol. The standard InChI is InChI=1S/C55H35N5/c1-2-18-48-52(21-3-1)60-54(56-48)45-16-6-9-17-47(45)57-55(60)59-50-20-11-7-14-42(50)44-30-27-40(34-53(44)59)37-24-22-36(23-25-37)39-28-31-51-46(33-39)43-15-8-10-19-49(43)58(51)41-29-26-35-12-4-5-13-38(35)32-41/h2,4-20,22-31,33-34,38H,1,32H2. The average molecular weight is 766 g/mol. The molecule has 280 valence electrons. The van der Waals surface area contributed by atoms with Crippen LogP contribution in [0.4, 0.5) is 0 Å². The molecule has 0 saturated heterocycles. The minimum atomic E-state index is 0.415. The molecular weight excluding hydrogens is 731 g/mol. The van der Waals surface area contributed by atoms with Crippen molar-refractivity contribution in [3.63, 3.8) is 0 Å². The van der Waals surface area contributed by atoms with Gasteiger partial charge in [0.1, 0.15) is 5.69 Å². The van der Waals surface area contributed by atoms with Gasteiger partial charge in [-0.25, -0.2) is 9.97 Å². The third-order valence-electron chi connectivity index (χ3n) is 12.6. The molecular formula is C55H35N5. The average Bonchev–Trinajstić information content (AvgIpc) is 3.89. The SMILES string of the molecule is C1#Cc2c(nc3c4ccccc4nc(-n4c5ccccc5c5ccc(-c6ccc(-c7ccc8c(c7)c7ccccc7n8C7=CC=C8C=CC=CC8C7)cc6)cc54)n23)C=CC1. The lowest BCUT2D eigenvalue weighted by molar-refractivity contribution is 0.770. The van der Waals surface area contributed by atoms with Crippen LogP contribution in [0.15, 0.2) is 182 Å². The van der Waals surface area contributed by atoms with E-state index in [-0.39, 0.29) is 0 Å². The lowest BCUT2D eigenvalue weighted by atomic mass is 9.86. The van der Waals surface area contributed by atoms with E-state index in [1.165, 1.54) is 55.0 Å². The zero-order chi connectivity index (χ0) is 39.3. The summed E-state index contributed by atoms with van der Waals surface area (Å²) in [6.45, 7) is 0. The molecule has 3 aliphatic carbocycles. The number of para-hydroxylation sites is 3. The quantitative estimate of drug-likeness (QED) is 0.167. The van der Waals surface area contributed by atoms with Gasteiger partial charge in [0.2, 0.25) is 5.95 Å². The van der Waals surface area contributed by atoms with Gasteiger partial charge in [-0.2, -0.15) is 0 Å². The fraction of sp³-hybridized carbons (Fsp3) is 0.0545. The van der Waals surface area contributed by atoms with E-state index >= 15 is 0 Å². The molecule has 3 aliphatic rings. The number of nitrogens with zero attached hydrogens (tertiary/aromatic N) is 5. The Kier molecular flexibility index (Phi) is 7.05. The van der Waals surface area contributed by atoms with Crippen LogP contribution in [0.5, 0.6) is 0 Å². The van der Waals surface area contributed by atoms with Crippen molar-refractivity contribution in [1.29, 1.82) is 0 Å². The Morgan fingerprint density at radius 1 is 0.550 bits per heavy atom. The Morgan fingerprint density at radius 3 is 2.08 bits per heavy atom. The maximum Gasteiger partial charge on any atom is 0.222 e. The van der Waals surface area contributed by atoms with Crippen LogP contribution >= 0.6 is 0 Å². The second-order valence-corrected chi connectivity index (χ2v) is 16.0. The first-order valence-corrected chi connectivity index (χ1v) is 20.7. The maximum atomic E-state index is 5.37. The highest BCUT2D eigenvalue weighted by Crippen LogP contribution is 2.41. The van der Waals surface area contributed by atoms with Crippen molar-refractivity contribution in [3.05, 3.63) is 193 Å². The van der Waals surface area contributed by atoms with Crippen molar-refractivity contribution in [2.24, 2.45) is 5.92 Å². The van der Waals surface area contributed by atoms with Gasteiger partial charge in [-0.3, -0.25) is 8.97 Å². The van der Waals surface area contributed by atoms with E-state index in [0.29, 0.717) is 12.3 Å². The van der Waals surface area contributed by atoms with Crippen LogP contribution in [0.3, 0.4) is 0 Å². The Morgan fingerprint density at radius 2 is 1.23 bits per heavy atom. The van der Waals surface area contributed by atoms with Gasteiger partial charge in [0, 0.05) is 45.0 Å². The van der Waals surface area contributed by atoms with Crippen molar-refractivity contribution < 1.29 is 0 Å². The van der Waals surface area contributed by atoms with E-state index in [0.717, 1.165) is 62.5 Å². The molecule has 6 aromatic carbocycles. The van der Waals surface area contributed by atoms with Crippen LogP contribution in [0.1, 0.15) is 24.2 Å². The number of benzene rings is 6. The normalized spacial score (nSPS) is 15.7.